The number of hydrogen-bond donors (Lipinski definition) is 2. The molecular weight excluding hydrogens is 398 g/mol. The van der Waals surface area contributed by atoms with Crippen molar-refractivity contribution in [3.8, 4) is 0 Å². The van der Waals surface area contributed by atoms with Gasteiger partial charge >= 0.3 is 0 Å². The van der Waals surface area contributed by atoms with Gasteiger partial charge in [0.1, 0.15) is 0 Å². The lowest BCUT2D eigenvalue weighted by atomic mass is 10.1. The van der Waals surface area contributed by atoms with E-state index in [1.165, 1.54) is 0 Å². The van der Waals surface area contributed by atoms with Crippen LogP contribution in [0.15, 0.2) is 73.1 Å². The summed E-state index contributed by atoms with van der Waals surface area (Å²) in [4.78, 5) is 16.5. The molecule has 0 radical (unpaired) electrons. The van der Waals surface area contributed by atoms with E-state index in [9.17, 15) is 13.2 Å². The van der Waals surface area contributed by atoms with Crippen molar-refractivity contribution in [2.45, 2.75) is 12.3 Å². The van der Waals surface area contributed by atoms with Gasteiger partial charge in [-0.25, -0.2) is 8.42 Å². The number of aromatic nitrogens is 1. The number of nitrogens with one attached hydrogen (secondary N) is 2. The van der Waals surface area contributed by atoms with Gasteiger partial charge in [-0.05, 0) is 41.5 Å². The average Bonchev–Trinajstić information content (AvgIpc) is 2.68. The van der Waals surface area contributed by atoms with Gasteiger partial charge in [0.25, 0.3) is 5.91 Å². The second-order valence-electron chi connectivity index (χ2n) is 6.08. The summed E-state index contributed by atoms with van der Waals surface area (Å²) < 4.78 is 27.5. The molecule has 0 aliphatic carbocycles. The largest absolute Gasteiger partial charge is 0.348 e. The van der Waals surface area contributed by atoms with E-state index in [1.807, 2.05) is 6.07 Å². The van der Waals surface area contributed by atoms with Gasteiger partial charge in [0, 0.05) is 24.0 Å². The summed E-state index contributed by atoms with van der Waals surface area (Å²) in [6, 6.07) is 16.6. The van der Waals surface area contributed by atoms with E-state index in [1.54, 1.807) is 67.0 Å². The summed E-state index contributed by atoms with van der Waals surface area (Å²) in [5.74, 6) is -0.607. The van der Waals surface area contributed by atoms with Gasteiger partial charge in [-0.2, -0.15) is 0 Å². The molecule has 2 aromatic carbocycles. The maximum absolute atomic E-state index is 12.5. The van der Waals surface area contributed by atoms with E-state index in [4.69, 9.17) is 11.6 Å². The third-order valence-corrected chi connectivity index (χ3v) is 5.38. The summed E-state index contributed by atoms with van der Waals surface area (Å²) in [7, 11) is -3.71. The van der Waals surface area contributed by atoms with Gasteiger partial charge in [0.2, 0.25) is 10.0 Å². The molecule has 0 atom stereocenters. The number of amides is 1. The van der Waals surface area contributed by atoms with Crippen LogP contribution < -0.4 is 10.0 Å². The number of para-hydroxylation sites is 1. The van der Waals surface area contributed by atoms with E-state index in [0.717, 1.165) is 5.56 Å². The van der Waals surface area contributed by atoms with Crippen LogP contribution in [0.1, 0.15) is 21.5 Å². The van der Waals surface area contributed by atoms with E-state index in [0.29, 0.717) is 17.1 Å². The van der Waals surface area contributed by atoms with Crippen LogP contribution in [0.2, 0.25) is 5.02 Å². The lowest BCUT2D eigenvalue weighted by Crippen LogP contribution is -2.25. The zero-order valence-electron chi connectivity index (χ0n) is 14.8. The molecule has 8 heteroatoms. The van der Waals surface area contributed by atoms with E-state index in [2.05, 4.69) is 15.0 Å². The highest BCUT2D eigenvalue weighted by atomic mass is 35.5. The van der Waals surface area contributed by atoms with Crippen molar-refractivity contribution in [3.05, 3.63) is 94.8 Å². The van der Waals surface area contributed by atoms with Crippen LogP contribution >= 0.6 is 11.6 Å². The monoisotopic (exact) mass is 415 g/mol. The van der Waals surface area contributed by atoms with Crippen LogP contribution in [0.25, 0.3) is 0 Å². The van der Waals surface area contributed by atoms with Gasteiger partial charge in [-0.3, -0.25) is 14.5 Å². The van der Waals surface area contributed by atoms with E-state index in [-0.39, 0.29) is 22.9 Å². The first kappa shape index (κ1) is 19.9. The minimum atomic E-state index is -3.71. The fraction of sp³-hybridized carbons (Fsp3) is 0.100. The van der Waals surface area contributed by atoms with Crippen molar-refractivity contribution >= 4 is 33.2 Å². The second-order valence-corrected chi connectivity index (χ2v) is 8.24. The number of pyridine rings is 1. The lowest BCUT2D eigenvalue weighted by molar-refractivity contribution is 0.0952. The highest BCUT2D eigenvalue weighted by molar-refractivity contribution is 7.91. The molecule has 0 aliphatic heterocycles. The molecule has 1 amide bonds. The van der Waals surface area contributed by atoms with Crippen molar-refractivity contribution in [1.29, 1.82) is 0 Å². The minimum Gasteiger partial charge on any atom is -0.348 e. The lowest BCUT2D eigenvalue weighted by Gasteiger charge is -2.13. The van der Waals surface area contributed by atoms with Crippen molar-refractivity contribution in [2.24, 2.45) is 0 Å². The summed E-state index contributed by atoms with van der Waals surface area (Å²) in [5.41, 5.74) is 1.90. The van der Waals surface area contributed by atoms with Crippen LogP contribution in [-0.4, -0.2) is 19.3 Å². The van der Waals surface area contributed by atoms with Crippen molar-refractivity contribution in [2.75, 3.05) is 4.72 Å². The third-order valence-electron chi connectivity index (χ3n) is 3.88. The molecule has 3 rings (SSSR count). The van der Waals surface area contributed by atoms with Gasteiger partial charge in [-0.1, -0.05) is 41.9 Å². The Kier molecular flexibility index (Phi) is 6.28. The summed E-state index contributed by atoms with van der Waals surface area (Å²) in [5, 5.41) is 3.30. The number of hydrogen-bond acceptors (Lipinski definition) is 4. The zero-order chi connectivity index (χ0) is 20.0. The van der Waals surface area contributed by atoms with Crippen LogP contribution in [0, 0.1) is 0 Å². The van der Waals surface area contributed by atoms with Crippen molar-refractivity contribution < 1.29 is 13.2 Å². The number of benzene rings is 2. The molecule has 28 heavy (non-hydrogen) atoms. The molecule has 144 valence electrons. The van der Waals surface area contributed by atoms with Crippen molar-refractivity contribution in [3.63, 3.8) is 0 Å². The molecule has 0 saturated heterocycles. The Morgan fingerprint density at radius 2 is 1.71 bits per heavy atom. The van der Waals surface area contributed by atoms with Crippen LogP contribution in [0.4, 0.5) is 5.69 Å². The van der Waals surface area contributed by atoms with Crippen LogP contribution in [0.3, 0.4) is 0 Å². The SMILES string of the molecule is O=C(NCc1cccnc1)c1ccccc1NS(=O)(=O)Cc1ccc(Cl)cc1. The molecule has 2 N–H and O–H groups in total. The number of sulfonamides is 1. The summed E-state index contributed by atoms with van der Waals surface area (Å²) >= 11 is 5.83. The molecule has 0 unspecified atom stereocenters. The Balaban J connectivity index is 1.72. The Labute approximate surface area is 168 Å². The molecule has 0 aliphatic rings. The number of halogens is 1. The number of nitrogens with zero attached hydrogens (tertiary/aromatic N) is 1. The first-order valence-corrected chi connectivity index (χ1v) is 10.5. The molecular formula is C20H18ClN3O3S. The Hall–Kier alpha value is -2.90. The van der Waals surface area contributed by atoms with E-state index < -0.39 is 10.0 Å². The van der Waals surface area contributed by atoms with Crippen LogP contribution in [0.5, 0.6) is 0 Å². The number of anilines is 1. The van der Waals surface area contributed by atoms with E-state index >= 15 is 0 Å². The predicted molar refractivity (Wildman–Crippen MR) is 110 cm³/mol. The molecule has 1 aromatic heterocycles. The number of rotatable bonds is 7. The molecule has 0 spiro atoms. The highest BCUT2D eigenvalue weighted by Gasteiger charge is 2.17. The highest BCUT2D eigenvalue weighted by Crippen LogP contribution is 2.19. The van der Waals surface area contributed by atoms with Crippen LogP contribution in [-0.2, 0) is 22.3 Å². The Bertz CT molecular complexity index is 1060. The summed E-state index contributed by atoms with van der Waals surface area (Å²) in [6.45, 7) is 0.290. The molecule has 3 aromatic rings. The second kappa shape index (κ2) is 8.86. The topological polar surface area (TPSA) is 88.2 Å². The molecule has 0 saturated carbocycles. The first-order chi connectivity index (χ1) is 13.4. The quantitative estimate of drug-likeness (QED) is 0.617. The zero-order valence-corrected chi connectivity index (χ0v) is 16.4. The molecule has 1 heterocycles. The third kappa shape index (κ3) is 5.55. The Morgan fingerprint density at radius 1 is 0.964 bits per heavy atom. The Morgan fingerprint density at radius 3 is 2.43 bits per heavy atom. The maximum atomic E-state index is 12.5. The molecule has 0 fully saturated rings. The fourth-order valence-electron chi connectivity index (χ4n) is 2.55. The van der Waals surface area contributed by atoms with Crippen molar-refractivity contribution in [1.82, 2.24) is 10.3 Å². The number of carbonyl (C=O) groups is 1. The summed E-state index contributed by atoms with van der Waals surface area (Å²) in [6.07, 6.45) is 3.30. The standard InChI is InChI=1S/C20H18ClN3O3S/c21-17-9-7-15(8-10-17)14-28(26,27)24-19-6-2-1-5-18(19)20(25)23-13-16-4-3-11-22-12-16/h1-12,24H,13-14H2,(H,23,25). The molecule has 6 nitrogen and oxygen atoms in total. The van der Waals surface area contributed by atoms with Gasteiger partial charge in [0.05, 0.1) is 17.0 Å². The van der Waals surface area contributed by atoms with Gasteiger partial charge in [0.15, 0.2) is 0 Å². The number of carbonyl (C=O) groups excluding carboxylic acids is 1. The minimum absolute atomic E-state index is 0.222. The first-order valence-electron chi connectivity index (χ1n) is 8.44. The average molecular weight is 416 g/mol. The fourth-order valence-corrected chi connectivity index (χ4v) is 3.90. The van der Waals surface area contributed by atoms with Gasteiger partial charge < -0.3 is 5.32 Å². The maximum Gasteiger partial charge on any atom is 0.253 e. The smallest absolute Gasteiger partial charge is 0.253 e. The predicted octanol–water partition coefficient (Wildman–Crippen LogP) is 3.61. The van der Waals surface area contributed by atoms with Gasteiger partial charge in [-0.15, -0.1) is 0 Å². The normalized spacial score (nSPS) is 11.0. The molecule has 0 bridgehead atoms.